The molecule has 5 heteroatoms. The SMILES string of the molecule is c1cc2c(s1)CCN(CCNC1=NCCCN1)C2. The van der Waals surface area contributed by atoms with Gasteiger partial charge >= 0.3 is 0 Å². The Labute approximate surface area is 112 Å². The topological polar surface area (TPSA) is 39.7 Å². The van der Waals surface area contributed by atoms with Crippen molar-refractivity contribution in [2.45, 2.75) is 19.4 Å². The highest BCUT2D eigenvalue weighted by Gasteiger charge is 2.16. The van der Waals surface area contributed by atoms with E-state index in [4.69, 9.17) is 0 Å². The second-order valence-corrected chi connectivity index (χ2v) is 5.83. The number of hydrogen-bond acceptors (Lipinski definition) is 5. The van der Waals surface area contributed by atoms with Crippen molar-refractivity contribution in [2.75, 3.05) is 32.7 Å². The van der Waals surface area contributed by atoms with Crippen molar-refractivity contribution in [1.82, 2.24) is 15.5 Å². The van der Waals surface area contributed by atoms with Gasteiger partial charge in [-0.1, -0.05) is 0 Å². The van der Waals surface area contributed by atoms with Crippen LogP contribution in [0, 0.1) is 0 Å². The van der Waals surface area contributed by atoms with Crippen LogP contribution in [0.2, 0.25) is 0 Å². The summed E-state index contributed by atoms with van der Waals surface area (Å²) >= 11 is 1.90. The molecule has 2 N–H and O–H groups in total. The number of rotatable bonds is 3. The van der Waals surface area contributed by atoms with Crippen molar-refractivity contribution >= 4 is 17.3 Å². The maximum atomic E-state index is 4.42. The minimum Gasteiger partial charge on any atom is -0.356 e. The van der Waals surface area contributed by atoms with Crippen LogP contribution in [0.15, 0.2) is 16.4 Å². The standard InChI is InChI=1S/C13H20N4S/c1-4-14-13(15-5-1)16-6-8-17-7-2-12-11(10-17)3-9-18-12/h3,9H,1-2,4-8,10H2,(H2,14,15,16). The molecule has 0 fully saturated rings. The fourth-order valence-electron chi connectivity index (χ4n) is 2.48. The van der Waals surface area contributed by atoms with Crippen LogP contribution >= 0.6 is 11.3 Å². The molecule has 2 aliphatic rings. The minimum atomic E-state index is 0.956. The number of guanidine groups is 1. The summed E-state index contributed by atoms with van der Waals surface area (Å²) < 4.78 is 0. The molecule has 0 amide bonds. The Balaban J connectivity index is 1.43. The number of nitrogens with one attached hydrogen (secondary N) is 2. The zero-order valence-corrected chi connectivity index (χ0v) is 11.4. The van der Waals surface area contributed by atoms with Gasteiger partial charge in [-0.25, -0.2) is 0 Å². The van der Waals surface area contributed by atoms with Crippen molar-refractivity contribution in [2.24, 2.45) is 4.99 Å². The summed E-state index contributed by atoms with van der Waals surface area (Å²) in [5, 5.41) is 8.89. The number of aliphatic imine (C=N–C) groups is 1. The third-order valence-electron chi connectivity index (χ3n) is 3.50. The summed E-state index contributed by atoms with van der Waals surface area (Å²) in [5.41, 5.74) is 1.53. The lowest BCUT2D eigenvalue weighted by Crippen LogP contribution is -2.44. The number of hydrogen-bond donors (Lipinski definition) is 2. The number of nitrogens with zero attached hydrogens (tertiary/aromatic N) is 2. The largest absolute Gasteiger partial charge is 0.356 e. The van der Waals surface area contributed by atoms with Crippen LogP contribution in [0.4, 0.5) is 0 Å². The van der Waals surface area contributed by atoms with E-state index >= 15 is 0 Å². The summed E-state index contributed by atoms with van der Waals surface area (Å²) in [6, 6.07) is 2.27. The van der Waals surface area contributed by atoms with E-state index in [1.807, 2.05) is 11.3 Å². The van der Waals surface area contributed by atoms with Crippen LogP contribution in [0.1, 0.15) is 16.9 Å². The van der Waals surface area contributed by atoms with Gasteiger partial charge in [0.25, 0.3) is 0 Å². The van der Waals surface area contributed by atoms with E-state index in [0.29, 0.717) is 0 Å². The first-order valence-electron chi connectivity index (χ1n) is 6.71. The van der Waals surface area contributed by atoms with Gasteiger partial charge in [-0.05, 0) is 29.9 Å². The average Bonchev–Trinajstić information content (AvgIpc) is 2.87. The smallest absolute Gasteiger partial charge is 0.191 e. The molecule has 0 aliphatic carbocycles. The normalized spacial score (nSPS) is 19.9. The molecule has 2 aliphatic heterocycles. The molecule has 0 bridgehead atoms. The fourth-order valence-corrected chi connectivity index (χ4v) is 3.37. The monoisotopic (exact) mass is 264 g/mol. The molecule has 3 rings (SSSR count). The summed E-state index contributed by atoms with van der Waals surface area (Å²) in [5.74, 6) is 0.981. The van der Waals surface area contributed by atoms with Crippen molar-refractivity contribution < 1.29 is 0 Å². The van der Waals surface area contributed by atoms with Crippen LogP contribution in [-0.4, -0.2) is 43.6 Å². The molecule has 0 spiro atoms. The molecule has 0 atom stereocenters. The third-order valence-corrected chi connectivity index (χ3v) is 4.53. The van der Waals surface area contributed by atoms with Gasteiger partial charge in [-0.15, -0.1) is 11.3 Å². The Kier molecular flexibility index (Phi) is 3.81. The van der Waals surface area contributed by atoms with E-state index in [-0.39, 0.29) is 0 Å². The van der Waals surface area contributed by atoms with E-state index < -0.39 is 0 Å². The highest BCUT2D eigenvalue weighted by atomic mass is 32.1. The second-order valence-electron chi connectivity index (χ2n) is 4.83. The van der Waals surface area contributed by atoms with Crippen LogP contribution < -0.4 is 10.6 Å². The van der Waals surface area contributed by atoms with E-state index in [1.54, 1.807) is 4.88 Å². The lowest BCUT2D eigenvalue weighted by molar-refractivity contribution is 0.260. The molecule has 0 radical (unpaired) electrons. The minimum absolute atomic E-state index is 0.956. The van der Waals surface area contributed by atoms with E-state index in [2.05, 4.69) is 32.0 Å². The van der Waals surface area contributed by atoms with Gasteiger partial charge in [0, 0.05) is 44.1 Å². The molecular weight excluding hydrogens is 244 g/mol. The van der Waals surface area contributed by atoms with Gasteiger partial charge in [-0.3, -0.25) is 9.89 Å². The molecule has 0 unspecified atom stereocenters. The maximum absolute atomic E-state index is 4.42. The molecule has 3 heterocycles. The second kappa shape index (κ2) is 5.71. The zero-order valence-electron chi connectivity index (χ0n) is 10.6. The molecule has 98 valence electrons. The van der Waals surface area contributed by atoms with Crippen molar-refractivity contribution in [3.8, 4) is 0 Å². The molecule has 1 aromatic heterocycles. The van der Waals surface area contributed by atoms with Gasteiger partial charge in [0.2, 0.25) is 0 Å². The lowest BCUT2D eigenvalue weighted by atomic mass is 10.1. The number of fused-ring (bicyclic) bond motifs is 1. The van der Waals surface area contributed by atoms with Gasteiger partial charge in [0.05, 0.1) is 0 Å². The Morgan fingerprint density at radius 2 is 2.50 bits per heavy atom. The highest BCUT2D eigenvalue weighted by molar-refractivity contribution is 7.10. The Bertz CT molecular complexity index is 426. The first kappa shape index (κ1) is 12.0. The first-order valence-corrected chi connectivity index (χ1v) is 7.59. The quantitative estimate of drug-likeness (QED) is 0.857. The first-order chi connectivity index (χ1) is 8.92. The summed E-state index contributed by atoms with van der Waals surface area (Å²) in [6.07, 6.45) is 2.37. The predicted molar refractivity (Wildman–Crippen MR) is 76.2 cm³/mol. The molecule has 0 saturated carbocycles. The van der Waals surface area contributed by atoms with E-state index in [1.165, 1.54) is 18.5 Å². The Hall–Kier alpha value is -1.07. The third kappa shape index (κ3) is 2.84. The zero-order chi connectivity index (χ0) is 12.2. The Morgan fingerprint density at radius 3 is 3.39 bits per heavy atom. The van der Waals surface area contributed by atoms with Crippen LogP contribution in [-0.2, 0) is 13.0 Å². The fraction of sp³-hybridized carbons (Fsp3) is 0.615. The maximum Gasteiger partial charge on any atom is 0.191 e. The predicted octanol–water partition coefficient (Wildman–Crippen LogP) is 1.05. The molecular formula is C13H20N4S. The highest BCUT2D eigenvalue weighted by Crippen LogP contribution is 2.23. The molecule has 18 heavy (non-hydrogen) atoms. The molecule has 4 nitrogen and oxygen atoms in total. The summed E-state index contributed by atoms with van der Waals surface area (Å²) in [4.78, 5) is 8.52. The van der Waals surface area contributed by atoms with Crippen LogP contribution in [0.5, 0.6) is 0 Å². The lowest BCUT2D eigenvalue weighted by Gasteiger charge is -2.27. The number of thiophene rings is 1. The Morgan fingerprint density at radius 1 is 1.50 bits per heavy atom. The molecule has 0 aromatic carbocycles. The van der Waals surface area contributed by atoms with Gasteiger partial charge in [0.15, 0.2) is 5.96 Å². The molecule has 0 saturated heterocycles. The van der Waals surface area contributed by atoms with E-state index in [0.717, 1.165) is 45.1 Å². The summed E-state index contributed by atoms with van der Waals surface area (Å²) in [6.45, 7) is 6.38. The molecule has 1 aromatic rings. The van der Waals surface area contributed by atoms with Crippen LogP contribution in [0.25, 0.3) is 0 Å². The average molecular weight is 264 g/mol. The van der Waals surface area contributed by atoms with E-state index in [9.17, 15) is 0 Å². The van der Waals surface area contributed by atoms with Crippen molar-refractivity contribution in [1.29, 1.82) is 0 Å². The summed E-state index contributed by atoms with van der Waals surface area (Å²) in [7, 11) is 0. The van der Waals surface area contributed by atoms with Crippen molar-refractivity contribution in [3.63, 3.8) is 0 Å². The van der Waals surface area contributed by atoms with Gasteiger partial charge in [0.1, 0.15) is 0 Å². The van der Waals surface area contributed by atoms with Gasteiger partial charge in [-0.2, -0.15) is 0 Å². The van der Waals surface area contributed by atoms with Gasteiger partial charge < -0.3 is 10.6 Å². The van der Waals surface area contributed by atoms with Crippen LogP contribution in [0.3, 0.4) is 0 Å². The van der Waals surface area contributed by atoms with Crippen molar-refractivity contribution in [3.05, 3.63) is 21.9 Å².